The van der Waals surface area contributed by atoms with E-state index < -0.39 is 22.0 Å². The number of amides is 3. The summed E-state index contributed by atoms with van der Waals surface area (Å²) in [7, 11) is -3.55. The Bertz CT molecular complexity index is 697. The average Bonchev–Trinajstić information content (AvgIpc) is 2.82. The molecule has 0 aromatic heterocycles. The third kappa shape index (κ3) is 4.93. The zero-order valence-electron chi connectivity index (χ0n) is 13.3. The number of primary amides is 1. The summed E-state index contributed by atoms with van der Waals surface area (Å²) in [6.45, 7) is 0.873. The molecule has 1 aliphatic heterocycles. The molecule has 0 unspecified atom stereocenters. The summed E-state index contributed by atoms with van der Waals surface area (Å²) in [6, 6.07) is 5.35. The number of hydrogen-bond donors (Lipinski definition) is 3. The van der Waals surface area contributed by atoms with Crippen molar-refractivity contribution in [3.8, 4) is 0 Å². The number of nitrogens with two attached hydrogens (primary N) is 1. The highest BCUT2D eigenvalue weighted by atomic mass is 32.2. The van der Waals surface area contributed by atoms with Gasteiger partial charge in [0.05, 0.1) is 11.4 Å². The van der Waals surface area contributed by atoms with Crippen LogP contribution in [0.3, 0.4) is 0 Å². The molecular formula is C15H22N4O4S. The van der Waals surface area contributed by atoms with Crippen molar-refractivity contribution in [2.75, 3.05) is 25.0 Å². The zero-order valence-corrected chi connectivity index (χ0v) is 14.1. The first-order valence-corrected chi connectivity index (χ1v) is 9.27. The van der Waals surface area contributed by atoms with Crippen LogP contribution < -0.4 is 16.4 Å². The van der Waals surface area contributed by atoms with Crippen molar-refractivity contribution in [1.29, 1.82) is 0 Å². The van der Waals surface area contributed by atoms with Gasteiger partial charge in [-0.15, -0.1) is 0 Å². The maximum atomic E-state index is 12.7. The van der Waals surface area contributed by atoms with Gasteiger partial charge in [-0.05, 0) is 31.0 Å². The fourth-order valence-electron chi connectivity index (χ4n) is 2.56. The SMILES string of the molecule is NC(=O)NC(=O)CNc1cccc(S(=O)(=O)N2CCCCCC2)c1. The lowest BCUT2D eigenvalue weighted by Gasteiger charge is -2.20. The van der Waals surface area contributed by atoms with Crippen molar-refractivity contribution in [2.45, 2.75) is 30.6 Å². The molecule has 0 atom stereocenters. The Labute approximate surface area is 141 Å². The van der Waals surface area contributed by atoms with Crippen LogP contribution in [0.5, 0.6) is 0 Å². The van der Waals surface area contributed by atoms with E-state index in [0.29, 0.717) is 18.8 Å². The Balaban J connectivity index is 2.08. The number of anilines is 1. The molecule has 1 aromatic carbocycles. The lowest BCUT2D eigenvalue weighted by Crippen LogP contribution is -2.38. The van der Waals surface area contributed by atoms with Crippen LogP contribution >= 0.6 is 0 Å². The number of urea groups is 1. The molecule has 1 saturated heterocycles. The Morgan fingerprint density at radius 1 is 1.12 bits per heavy atom. The van der Waals surface area contributed by atoms with Crippen LogP contribution in [0.1, 0.15) is 25.7 Å². The normalized spacial score (nSPS) is 16.2. The zero-order chi connectivity index (χ0) is 17.6. The Morgan fingerprint density at radius 2 is 1.79 bits per heavy atom. The number of hydrogen-bond acceptors (Lipinski definition) is 5. The van der Waals surface area contributed by atoms with Gasteiger partial charge >= 0.3 is 6.03 Å². The minimum Gasteiger partial charge on any atom is -0.376 e. The van der Waals surface area contributed by atoms with Crippen molar-refractivity contribution in [2.24, 2.45) is 5.73 Å². The average molecular weight is 354 g/mol. The minimum absolute atomic E-state index is 0.184. The van der Waals surface area contributed by atoms with Crippen LogP contribution in [0.15, 0.2) is 29.2 Å². The molecule has 0 radical (unpaired) electrons. The van der Waals surface area contributed by atoms with Crippen LogP contribution in [0.25, 0.3) is 0 Å². The second-order valence-electron chi connectivity index (χ2n) is 5.61. The van der Waals surface area contributed by atoms with Gasteiger partial charge in [0.25, 0.3) is 0 Å². The molecule has 24 heavy (non-hydrogen) atoms. The van der Waals surface area contributed by atoms with E-state index in [1.54, 1.807) is 12.1 Å². The maximum Gasteiger partial charge on any atom is 0.318 e. The number of benzene rings is 1. The summed E-state index contributed by atoms with van der Waals surface area (Å²) in [6.07, 6.45) is 3.82. The molecular weight excluding hydrogens is 332 g/mol. The van der Waals surface area contributed by atoms with Crippen molar-refractivity contribution < 1.29 is 18.0 Å². The number of nitrogens with one attached hydrogen (secondary N) is 2. The summed E-state index contributed by atoms with van der Waals surface area (Å²) < 4.78 is 27.0. The van der Waals surface area contributed by atoms with E-state index >= 15 is 0 Å². The van der Waals surface area contributed by atoms with Crippen LogP contribution in [-0.2, 0) is 14.8 Å². The number of carbonyl (C=O) groups is 2. The first kappa shape index (κ1) is 18.2. The molecule has 1 heterocycles. The molecule has 132 valence electrons. The monoisotopic (exact) mass is 354 g/mol. The maximum absolute atomic E-state index is 12.7. The van der Waals surface area contributed by atoms with Gasteiger partial charge in [0.1, 0.15) is 0 Å². The van der Waals surface area contributed by atoms with Crippen molar-refractivity contribution in [3.63, 3.8) is 0 Å². The second-order valence-corrected chi connectivity index (χ2v) is 7.55. The minimum atomic E-state index is -3.55. The summed E-state index contributed by atoms with van der Waals surface area (Å²) >= 11 is 0. The first-order valence-electron chi connectivity index (χ1n) is 7.83. The molecule has 2 rings (SSSR count). The lowest BCUT2D eigenvalue weighted by molar-refractivity contribution is -0.118. The van der Waals surface area contributed by atoms with Gasteiger partial charge in [0.15, 0.2) is 0 Å². The molecule has 1 aromatic rings. The molecule has 9 heteroatoms. The molecule has 1 aliphatic rings. The van der Waals surface area contributed by atoms with Crippen molar-refractivity contribution in [1.82, 2.24) is 9.62 Å². The van der Waals surface area contributed by atoms with E-state index in [4.69, 9.17) is 5.73 Å². The molecule has 8 nitrogen and oxygen atoms in total. The topological polar surface area (TPSA) is 122 Å². The second kappa shape index (κ2) is 8.11. The predicted octanol–water partition coefficient (Wildman–Crippen LogP) is 0.858. The fraction of sp³-hybridized carbons (Fsp3) is 0.467. The van der Waals surface area contributed by atoms with E-state index in [1.807, 2.05) is 5.32 Å². The summed E-state index contributed by atoms with van der Waals surface area (Å²) in [4.78, 5) is 22.2. The molecule has 1 fully saturated rings. The Morgan fingerprint density at radius 3 is 2.42 bits per heavy atom. The van der Waals surface area contributed by atoms with Gasteiger partial charge in [0.2, 0.25) is 15.9 Å². The number of carbonyl (C=O) groups excluding carboxylic acids is 2. The van der Waals surface area contributed by atoms with E-state index in [0.717, 1.165) is 25.7 Å². The molecule has 0 bridgehead atoms. The first-order chi connectivity index (χ1) is 11.4. The van der Waals surface area contributed by atoms with Crippen LogP contribution in [0.4, 0.5) is 10.5 Å². The van der Waals surface area contributed by atoms with Gasteiger partial charge in [0, 0.05) is 18.8 Å². The molecule has 3 amide bonds. The van der Waals surface area contributed by atoms with Crippen LogP contribution in [0.2, 0.25) is 0 Å². The Hall–Kier alpha value is -2.13. The van der Waals surface area contributed by atoms with Crippen LogP contribution in [-0.4, -0.2) is 44.3 Å². The van der Waals surface area contributed by atoms with Crippen LogP contribution in [0, 0.1) is 0 Å². The van der Waals surface area contributed by atoms with Gasteiger partial charge in [-0.25, -0.2) is 13.2 Å². The summed E-state index contributed by atoms with van der Waals surface area (Å²) in [5.41, 5.74) is 5.33. The molecule has 0 aliphatic carbocycles. The van der Waals surface area contributed by atoms with Crippen molar-refractivity contribution >= 4 is 27.6 Å². The third-order valence-electron chi connectivity index (χ3n) is 3.75. The summed E-state index contributed by atoms with van der Waals surface area (Å²) in [5.74, 6) is -0.594. The smallest absolute Gasteiger partial charge is 0.318 e. The molecule has 0 saturated carbocycles. The van der Waals surface area contributed by atoms with Gasteiger partial charge in [-0.2, -0.15) is 4.31 Å². The number of rotatable bonds is 5. The number of sulfonamides is 1. The van der Waals surface area contributed by atoms with Crippen molar-refractivity contribution in [3.05, 3.63) is 24.3 Å². The third-order valence-corrected chi connectivity index (χ3v) is 5.65. The Kier molecular flexibility index (Phi) is 6.16. The van der Waals surface area contributed by atoms with E-state index in [9.17, 15) is 18.0 Å². The van der Waals surface area contributed by atoms with E-state index in [2.05, 4.69) is 5.32 Å². The number of nitrogens with zero attached hydrogens (tertiary/aromatic N) is 1. The fourth-order valence-corrected chi connectivity index (χ4v) is 4.13. The largest absolute Gasteiger partial charge is 0.376 e. The molecule has 4 N–H and O–H groups in total. The standard InChI is InChI=1S/C15H22N4O4S/c16-15(21)18-14(20)11-17-12-6-5-7-13(10-12)24(22,23)19-8-3-1-2-4-9-19/h5-7,10,17H,1-4,8-9,11H2,(H3,16,18,20,21). The quantitative estimate of drug-likeness (QED) is 0.724. The van der Waals surface area contributed by atoms with E-state index in [1.165, 1.54) is 16.4 Å². The number of imide groups is 1. The highest BCUT2D eigenvalue weighted by Gasteiger charge is 2.25. The molecule has 0 spiro atoms. The summed E-state index contributed by atoms with van der Waals surface area (Å²) in [5, 5.41) is 4.70. The van der Waals surface area contributed by atoms with Gasteiger partial charge < -0.3 is 11.1 Å². The van der Waals surface area contributed by atoms with Gasteiger partial charge in [-0.1, -0.05) is 18.9 Å². The predicted molar refractivity (Wildman–Crippen MR) is 89.9 cm³/mol. The highest BCUT2D eigenvalue weighted by molar-refractivity contribution is 7.89. The van der Waals surface area contributed by atoms with E-state index in [-0.39, 0.29) is 11.4 Å². The highest BCUT2D eigenvalue weighted by Crippen LogP contribution is 2.22. The van der Waals surface area contributed by atoms with Gasteiger partial charge in [-0.3, -0.25) is 10.1 Å². The lowest BCUT2D eigenvalue weighted by atomic mass is 10.2.